The average molecular weight is 510 g/mol. The molecule has 0 spiro atoms. The molecule has 7 nitrogen and oxygen atoms in total. The van der Waals surface area contributed by atoms with Crippen molar-refractivity contribution in [2.24, 2.45) is 16.3 Å². The summed E-state index contributed by atoms with van der Waals surface area (Å²) in [7, 11) is 0. The van der Waals surface area contributed by atoms with Crippen molar-refractivity contribution in [2.45, 2.75) is 83.1 Å². The van der Waals surface area contributed by atoms with Gasteiger partial charge in [-0.05, 0) is 90.8 Å². The average Bonchev–Trinajstić information content (AvgIpc) is 3.67. The van der Waals surface area contributed by atoms with Gasteiger partial charge in [0, 0.05) is 52.3 Å². The number of aromatic amines is 1. The Morgan fingerprint density at radius 1 is 1.28 bits per heavy atom. The van der Waals surface area contributed by atoms with Crippen LogP contribution in [-0.4, -0.2) is 64.5 Å². The number of pyridine rings is 1. The number of dihydropyridines is 1. The maximum Gasteiger partial charge on any atom is 0.254 e. The highest BCUT2D eigenvalue weighted by atomic mass is 32.2. The molecule has 4 heterocycles. The Bertz CT molecular complexity index is 1170. The summed E-state index contributed by atoms with van der Waals surface area (Å²) in [6.07, 6.45) is 12.9. The van der Waals surface area contributed by atoms with Crippen molar-refractivity contribution < 1.29 is 4.79 Å². The predicted molar refractivity (Wildman–Crippen MR) is 146 cm³/mol. The molecule has 1 aromatic rings. The van der Waals surface area contributed by atoms with E-state index in [2.05, 4.69) is 46.9 Å². The Balaban J connectivity index is 1.38. The fourth-order valence-corrected chi connectivity index (χ4v) is 7.26. The number of rotatable bonds is 7. The minimum Gasteiger partial charge on any atom is -0.349 e. The first kappa shape index (κ1) is 25.3. The molecule has 8 heteroatoms. The third kappa shape index (κ3) is 4.47. The Labute approximate surface area is 218 Å². The highest BCUT2D eigenvalue weighted by molar-refractivity contribution is 7.98. The van der Waals surface area contributed by atoms with Crippen LogP contribution in [0.2, 0.25) is 0 Å². The number of hydrogen-bond acceptors (Lipinski definition) is 6. The normalized spacial score (nSPS) is 27.5. The number of fused-ring (bicyclic) bond motifs is 1. The molecule has 1 saturated carbocycles. The van der Waals surface area contributed by atoms with Crippen LogP contribution in [0.5, 0.6) is 0 Å². The number of aliphatic imine (C=N–C) groups is 1. The predicted octanol–water partition coefficient (Wildman–Crippen LogP) is 3.85. The van der Waals surface area contributed by atoms with Crippen LogP contribution in [0.15, 0.2) is 44.2 Å². The van der Waals surface area contributed by atoms with Gasteiger partial charge in [-0.25, -0.2) is 0 Å². The van der Waals surface area contributed by atoms with Gasteiger partial charge in [0.1, 0.15) is 6.17 Å². The molecule has 194 valence electrons. The summed E-state index contributed by atoms with van der Waals surface area (Å²) in [6.45, 7) is 10.9. The van der Waals surface area contributed by atoms with Gasteiger partial charge >= 0.3 is 0 Å². The Kier molecular flexibility index (Phi) is 6.94. The first-order valence-electron chi connectivity index (χ1n) is 13.2. The number of carbonyl (C=O) groups excluding carboxylic acids is 1. The van der Waals surface area contributed by atoms with Gasteiger partial charge in [0.05, 0.1) is 5.41 Å². The zero-order valence-corrected chi connectivity index (χ0v) is 23.0. The van der Waals surface area contributed by atoms with Crippen molar-refractivity contribution in [1.29, 1.82) is 0 Å². The number of allylic oxidation sites excluding steroid dienone is 2. The highest BCUT2D eigenvalue weighted by Gasteiger charge is 2.52. The summed E-state index contributed by atoms with van der Waals surface area (Å²) in [5, 5.41) is 3.08. The number of likely N-dealkylation sites (tertiary alicyclic amines) is 1. The summed E-state index contributed by atoms with van der Waals surface area (Å²) in [5.41, 5.74) is 2.54. The van der Waals surface area contributed by atoms with Crippen molar-refractivity contribution >= 4 is 23.9 Å². The number of amides is 1. The smallest absolute Gasteiger partial charge is 0.254 e. The lowest BCUT2D eigenvalue weighted by molar-refractivity contribution is -0.118. The van der Waals surface area contributed by atoms with E-state index in [9.17, 15) is 9.59 Å². The second kappa shape index (κ2) is 9.86. The lowest BCUT2D eigenvalue weighted by atomic mass is 9.79. The van der Waals surface area contributed by atoms with Gasteiger partial charge < -0.3 is 20.1 Å². The van der Waals surface area contributed by atoms with Crippen LogP contribution in [0, 0.1) is 18.3 Å². The zero-order chi connectivity index (χ0) is 25.6. The van der Waals surface area contributed by atoms with E-state index in [1.807, 2.05) is 31.5 Å². The van der Waals surface area contributed by atoms with Gasteiger partial charge in [-0.15, -0.1) is 11.8 Å². The Hall–Kier alpha value is -2.32. The van der Waals surface area contributed by atoms with Gasteiger partial charge in [0.2, 0.25) is 5.91 Å². The molecule has 3 atom stereocenters. The van der Waals surface area contributed by atoms with Crippen LogP contribution in [0.4, 0.5) is 0 Å². The maximum absolute atomic E-state index is 13.7. The van der Waals surface area contributed by atoms with E-state index in [1.165, 1.54) is 50.5 Å². The van der Waals surface area contributed by atoms with Gasteiger partial charge in [-0.3, -0.25) is 14.6 Å². The second-order valence-electron chi connectivity index (χ2n) is 11.0. The van der Waals surface area contributed by atoms with Gasteiger partial charge in [-0.1, -0.05) is 6.08 Å². The van der Waals surface area contributed by atoms with Crippen LogP contribution in [0.25, 0.3) is 0 Å². The minimum absolute atomic E-state index is 0.118. The summed E-state index contributed by atoms with van der Waals surface area (Å²) < 4.78 is 0. The Morgan fingerprint density at radius 3 is 2.67 bits per heavy atom. The summed E-state index contributed by atoms with van der Waals surface area (Å²) in [4.78, 5) is 40.1. The molecular formula is C28H39N5O2S. The molecule has 0 bridgehead atoms. The molecule has 1 aromatic heterocycles. The molecule has 2 N–H and O–H groups in total. The molecule has 4 aliphatic rings. The van der Waals surface area contributed by atoms with Gasteiger partial charge in [0.25, 0.3) is 5.56 Å². The van der Waals surface area contributed by atoms with Crippen molar-refractivity contribution in [3.05, 3.63) is 51.1 Å². The van der Waals surface area contributed by atoms with Crippen LogP contribution >= 0.6 is 11.8 Å². The molecule has 2 unspecified atom stereocenters. The SMILES string of the molecule is CSc1cc(C)[nH]c(=O)c1CNC(=O)C1=C(C)N([C@H](C)C2CCN(C3CC3)CC2)C2N=CC=CC12C. The summed E-state index contributed by atoms with van der Waals surface area (Å²) >= 11 is 1.53. The van der Waals surface area contributed by atoms with Crippen molar-refractivity contribution in [3.63, 3.8) is 0 Å². The topological polar surface area (TPSA) is 80.8 Å². The first-order valence-corrected chi connectivity index (χ1v) is 14.5. The second-order valence-corrected chi connectivity index (χ2v) is 11.9. The fourth-order valence-electron chi connectivity index (χ4n) is 6.55. The maximum atomic E-state index is 13.7. The number of nitrogens with one attached hydrogen (secondary N) is 2. The third-order valence-electron chi connectivity index (χ3n) is 8.70. The number of thioether (sulfide) groups is 1. The monoisotopic (exact) mass is 509 g/mol. The van der Waals surface area contributed by atoms with Gasteiger partial charge in [-0.2, -0.15) is 0 Å². The molecule has 1 amide bonds. The summed E-state index contributed by atoms with van der Waals surface area (Å²) in [5.74, 6) is 0.463. The fraction of sp³-hybridized carbons (Fsp3) is 0.607. The molecule has 36 heavy (non-hydrogen) atoms. The lowest BCUT2D eigenvalue weighted by Gasteiger charge is -2.43. The molecule has 5 rings (SSSR count). The largest absolute Gasteiger partial charge is 0.349 e. The third-order valence-corrected chi connectivity index (χ3v) is 9.51. The number of piperidine rings is 1. The molecule has 0 radical (unpaired) electrons. The van der Waals surface area contributed by atoms with E-state index >= 15 is 0 Å². The van der Waals surface area contributed by atoms with E-state index in [0.29, 0.717) is 17.5 Å². The number of nitrogens with zero attached hydrogens (tertiary/aromatic N) is 3. The van der Waals surface area contributed by atoms with Crippen LogP contribution in [0.3, 0.4) is 0 Å². The first-order chi connectivity index (χ1) is 17.2. The van der Waals surface area contributed by atoms with E-state index in [4.69, 9.17) is 4.99 Å². The number of carbonyl (C=O) groups is 1. The highest BCUT2D eigenvalue weighted by Crippen LogP contribution is 2.49. The lowest BCUT2D eigenvalue weighted by Crippen LogP contribution is -2.49. The number of hydrogen-bond donors (Lipinski definition) is 2. The van der Waals surface area contributed by atoms with E-state index in [0.717, 1.165) is 27.9 Å². The quantitative estimate of drug-likeness (QED) is 0.546. The van der Waals surface area contributed by atoms with Crippen LogP contribution < -0.4 is 10.9 Å². The molecule has 3 aliphatic heterocycles. The zero-order valence-electron chi connectivity index (χ0n) is 22.1. The number of H-pyrrole nitrogens is 1. The molecular weight excluding hydrogens is 470 g/mol. The van der Waals surface area contributed by atoms with E-state index in [-0.39, 0.29) is 24.2 Å². The van der Waals surface area contributed by atoms with E-state index < -0.39 is 5.41 Å². The summed E-state index contributed by atoms with van der Waals surface area (Å²) in [6, 6.07) is 3.09. The number of aryl methyl sites for hydroxylation is 1. The standard InChI is InChI=1S/C28H39N5O2S/c1-17-15-23(36-5)22(25(34)31-17)16-30-26(35)24-19(3)33(27-28(24,4)11-6-12-29-27)18(2)20-9-13-32(14-10-20)21-7-8-21/h6,11-12,15,18,20-21,27H,7-10,13-14,16H2,1-5H3,(H,30,35)(H,31,34)/t18-,27?,28?/m1/s1. The molecule has 1 aliphatic carbocycles. The van der Waals surface area contributed by atoms with Gasteiger partial charge in [0.15, 0.2) is 0 Å². The molecule has 2 fully saturated rings. The van der Waals surface area contributed by atoms with Crippen molar-refractivity contribution in [3.8, 4) is 0 Å². The van der Waals surface area contributed by atoms with Crippen molar-refractivity contribution in [2.75, 3.05) is 19.3 Å². The molecule has 0 aromatic carbocycles. The van der Waals surface area contributed by atoms with Crippen molar-refractivity contribution in [1.82, 2.24) is 20.1 Å². The molecule has 1 saturated heterocycles. The number of aromatic nitrogens is 1. The van der Waals surface area contributed by atoms with Crippen LogP contribution in [0.1, 0.15) is 57.7 Å². The minimum atomic E-state index is -0.506. The van der Waals surface area contributed by atoms with E-state index in [1.54, 1.807) is 0 Å². The Morgan fingerprint density at radius 2 is 2.00 bits per heavy atom. The van der Waals surface area contributed by atoms with Crippen LogP contribution in [-0.2, 0) is 11.3 Å².